The molecule has 2 saturated carbocycles. The Morgan fingerprint density at radius 2 is 2.20 bits per heavy atom. The van der Waals surface area contributed by atoms with Crippen LogP contribution in [0.4, 0.5) is 0 Å². The van der Waals surface area contributed by atoms with Crippen LogP contribution in [0, 0.1) is 17.8 Å². The third-order valence-electron chi connectivity index (χ3n) is 4.70. The van der Waals surface area contributed by atoms with Gasteiger partial charge in [0.25, 0.3) is 0 Å². The molecule has 0 spiro atoms. The van der Waals surface area contributed by atoms with Crippen molar-refractivity contribution in [2.45, 2.75) is 38.3 Å². The van der Waals surface area contributed by atoms with Crippen LogP contribution in [0.25, 0.3) is 0 Å². The zero-order valence-corrected chi connectivity index (χ0v) is 9.22. The third kappa shape index (κ3) is 1.36. The molecule has 0 aromatic rings. The lowest BCUT2D eigenvalue weighted by atomic mass is 9.88. The lowest BCUT2D eigenvalue weighted by Crippen LogP contribution is -2.41. The number of hydrogen-bond acceptors (Lipinski definition) is 3. The summed E-state index contributed by atoms with van der Waals surface area (Å²) in [5, 5.41) is 10.1. The molecular weight excluding hydrogens is 190 g/mol. The second-order valence-electron chi connectivity index (χ2n) is 5.58. The van der Waals surface area contributed by atoms with E-state index >= 15 is 0 Å². The monoisotopic (exact) mass is 209 g/mol. The van der Waals surface area contributed by atoms with Gasteiger partial charge in [-0.2, -0.15) is 0 Å². The maximum atomic E-state index is 11.0. The summed E-state index contributed by atoms with van der Waals surface area (Å²) >= 11 is 0. The molecule has 3 fully saturated rings. The molecule has 2 bridgehead atoms. The van der Waals surface area contributed by atoms with E-state index in [1.165, 1.54) is 12.8 Å². The summed E-state index contributed by atoms with van der Waals surface area (Å²) in [7, 11) is 0. The second kappa shape index (κ2) is 3.29. The minimum absolute atomic E-state index is 0.110. The van der Waals surface area contributed by atoms with Crippen molar-refractivity contribution < 1.29 is 9.90 Å². The van der Waals surface area contributed by atoms with Crippen molar-refractivity contribution in [1.29, 1.82) is 0 Å². The van der Waals surface area contributed by atoms with Gasteiger partial charge in [0.15, 0.2) is 0 Å². The summed E-state index contributed by atoms with van der Waals surface area (Å²) < 4.78 is 0. The molecule has 3 heteroatoms. The minimum atomic E-state index is -0.110. The van der Waals surface area contributed by atoms with E-state index < -0.39 is 0 Å². The highest BCUT2D eigenvalue weighted by atomic mass is 16.3. The molecular formula is C12H19NO2. The molecule has 0 radical (unpaired) electrons. The normalized spacial score (nSPS) is 47.7. The molecule has 15 heavy (non-hydrogen) atoms. The number of likely N-dealkylation sites (tertiary alicyclic amines) is 1. The number of Topliss-reactive ketones (excluding diaryl/α,β-unsaturated/α-hetero) is 1. The Morgan fingerprint density at radius 1 is 1.40 bits per heavy atom. The predicted molar refractivity (Wildman–Crippen MR) is 56.4 cm³/mol. The minimum Gasteiger partial charge on any atom is -0.391 e. The van der Waals surface area contributed by atoms with E-state index in [0.29, 0.717) is 18.4 Å². The summed E-state index contributed by atoms with van der Waals surface area (Å²) in [6.07, 6.45) is 2.99. The van der Waals surface area contributed by atoms with Gasteiger partial charge in [-0.15, -0.1) is 0 Å². The average molecular weight is 209 g/mol. The van der Waals surface area contributed by atoms with Gasteiger partial charge in [-0.1, -0.05) is 0 Å². The molecule has 1 aliphatic heterocycles. The van der Waals surface area contributed by atoms with Crippen molar-refractivity contribution in [1.82, 2.24) is 4.90 Å². The first-order chi connectivity index (χ1) is 7.16. The van der Waals surface area contributed by atoms with Gasteiger partial charge >= 0.3 is 0 Å². The summed E-state index contributed by atoms with van der Waals surface area (Å²) in [5.41, 5.74) is 0. The summed E-state index contributed by atoms with van der Waals surface area (Å²) in [5.74, 6) is 2.37. The fraction of sp³-hybridized carbons (Fsp3) is 0.917. The van der Waals surface area contributed by atoms with Gasteiger partial charge in [-0.25, -0.2) is 0 Å². The first-order valence-corrected chi connectivity index (χ1v) is 6.08. The Morgan fingerprint density at radius 3 is 2.87 bits per heavy atom. The van der Waals surface area contributed by atoms with Gasteiger partial charge in [0.2, 0.25) is 0 Å². The Hall–Kier alpha value is -0.410. The Bertz CT molecular complexity index is 289. The number of ketones is 1. The van der Waals surface area contributed by atoms with Crippen LogP contribution in [0.5, 0.6) is 0 Å². The van der Waals surface area contributed by atoms with E-state index in [1.807, 2.05) is 0 Å². The van der Waals surface area contributed by atoms with Gasteiger partial charge in [-0.05, 0) is 37.5 Å². The number of fused-ring (bicyclic) bond motifs is 1. The molecule has 3 rings (SSSR count). The van der Waals surface area contributed by atoms with Crippen molar-refractivity contribution >= 4 is 5.78 Å². The molecule has 5 unspecified atom stereocenters. The summed E-state index contributed by atoms with van der Waals surface area (Å²) in [4.78, 5) is 13.3. The van der Waals surface area contributed by atoms with Crippen LogP contribution >= 0.6 is 0 Å². The number of aliphatic hydroxyl groups is 1. The molecule has 5 atom stereocenters. The first kappa shape index (κ1) is 9.79. The number of carbonyl (C=O) groups is 1. The van der Waals surface area contributed by atoms with Gasteiger partial charge in [0.1, 0.15) is 5.78 Å². The first-order valence-electron chi connectivity index (χ1n) is 6.08. The maximum Gasteiger partial charge on any atom is 0.131 e. The van der Waals surface area contributed by atoms with Crippen LogP contribution < -0.4 is 0 Å². The van der Waals surface area contributed by atoms with Crippen molar-refractivity contribution in [2.24, 2.45) is 17.8 Å². The zero-order valence-electron chi connectivity index (χ0n) is 9.22. The predicted octanol–water partition coefficient (Wildman–Crippen LogP) is 0.667. The largest absolute Gasteiger partial charge is 0.391 e. The number of hydrogen-bond donors (Lipinski definition) is 1. The molecule has 3 aliphatic rings. The van der Waals surface area contributed by atoms with Crippen molar-refractivity contribution in [3.63, 3.8) is 0 Å². The molecule has 1 N–H and O–H groups in total. The summed E-state index contributed by atoms with van der Waals surface area (Å²) in [6.45, 7) is 3.63. The highest BCUT2D eigenvalue weighted by molar-refractivity contribution is 5.75. The zero-order chi connectivity index (χ0) is 10.6. The number of aliphatic hydroxyl groups excluding tert-OH is 1. The SMILES string of the molecule is CC(=O)CCN1CC2CC3CC2C1C3O. The van der Waals surface area contributed by atoms with Gasteiger partial charge in [-0.3, -0.25) is 9.69 Å². The summed E-state index contributed by atoms with van der Waals surface area (Å²) in [6, 6.07) is 0.382. The van der Waals surface area contributed by atoms with Crippen LogP contribution in [-0.2, 0) is 4.79 Å². The topological polar surface area (TPSA) is 40.5 Å². The van der Waals surface area contributed by atoms with Crippen LogP contribution in [0.1, 0.15) is 26.2 Å². The van der Waals surface area contributed by atoms with Crippen molar-refractivity contribution in [2.75, 3.05) is 13.1 Å². The highest BCUT2D eigenvalue weighted by Gasteiger charge is 2.58. The number of carbonyl (C=O) groups excluding carboxylic acids is 1. The molecule has 3 nitrogen and oxygen atoms in total. The fourth-order valence-electron chi connectivity index (χ4n) is 4.09. The lowest BCUT2D eigenvalue weighted by molar-refractivity contribution is -0.117. The molecule has 1 saturated heterocycles. The second-order valence-corrected chi connectivity index (χ2v) is 5.58. The Labute approximate surface area is 90.5 Å². The maximum absolute atomic E-state index is 11.0. The average Bonchev–Trinajstić information content (AvgIpc) is 2.74. The Kier molecular flexibility index (Phi) is 2.15. The molecule has 0 aromatic carbocycles. The lowest BCUT2D eigenvalue weighted by Gasteiger charge is -2.28. The highest BCUT2D eigenvalue weighted by Crippen LogP contribution is 2.54. The fourth-order valence-corrected chi connectivity index (χ4v) is 4.09. The molecule has 84 valence electrons. The van der Waals surface area contributed by atoms with Crippen LogP contribution in [0.2, 0.25) is 0 Å². The number of rotatable bonds is 3. The molecule has 2 aliphatic carbocycles. The van der Waals surface area contributed by atoms with E-state index in [2.05, 4.69) is 4.90 Å². The van der Waals surface area contributed by atoms with E-state index in [4.69, 9.17) is 0 Å². The molecule has 1 heterocycles. The van der Waals surface area contributed by atoms with E-state index in [1.54, 1.807) is 6.92 Å². The Balaban J connectivity index is 1.70. The number of nitrogens with zero attached hydrogens (tertiary/aromatic N) is 1. The van der Waals surface area contributed by atoms with Gasteiger partial charge in [0.05, 0.1) is 6.10 Å². The van der Waals surface area contributed by atoms with Crippen molar-refractivity contribution in [3.05, 3.63) is 0 Å². The third-order valence-corrected chi connectivity index (χ3v) is 4.70. The van der Waals surface area contributed by atoms with E-state index in [-0.39, 0.29) is 11.9 Å². The van der Waals surface area contributed by atoms with Gasteiger partial charge < -0.3 is 5.11 Å². The van der Waals surface area contributed by atoms with Crippen LogP contribution in [-0.4, -0.2) is 41.0 Å². The standard InChI is InChI=1S/C12H19NO2/c1-7(14)2-3-13-6-9-4-8-5-10(9)11(13)12(8)15/h8-12,15H,2-6H2,1H3. The quantitative estimate of drug-likeness (QED) is 0.742. The smallest absolute Gasteiger partial charge is 0.131 e. The van der Waals surface area contributed by atoms with Crippen LogP contribution in [0.3, 0.4) is 0 Å². The van der Waals surface area contributed by atoms with Crippen molar-refractivity contribution in [3.8, 4) is 0 Å². The van der Waals surface area contributed by atoms with E-state index in [9.17, 15) is 9.90 Å². The van der Waals surface area contributed by atoms with E-state index in [0.717, 1.165) is 24.9 Å². The van der Waals surface area contributed by atoms with Gasteiger partial charge in [0, 0.05) is 25.6 Å². The van der Waals surface area contributed by atoms with Crippen LogP contribution in [0.15, 0.2) is 0 Å². The molecule has 0 aromatic heterocycles. The molecule has 0 amide bonds.